The number of nitriles is 1. The van der Waals surface area contributed by atoms with Crippen molar-refractivity contribution in [1.29, 1.82) is 5.26 Å². The lowest BCUT2D eigenvalue weighted by Gasteiger charge is -2.14. The molecule has 2 aromatic carbocycles. The second kappa shape index (κ2) is 6.60. The SMILES string of the molecule is N#CC(CNc1c(Cl)cc(F)cc1Cl)c1ccccc1. The summed E-state index contributed by atoms with van der Waals surface area (Å²) in [5.41, 5.74) is 1.34. The molecular formula is C15H11Cl2FN2. The van der Waals surface area contributed by atoms with Gasteiger partial charge < -0.3 is 5.32 Å². The Bertz CT molecular complexity index is 615. The van der Waals surface area contributed by atoms with Gasteiger partial charge in [-0.05, 0) is 17.7 Å². The Hall–Kier alpha value is -1.76. The Morgan fingerprint density at radius 3 is 2.30 bits per heavy atom. The first-order chi connectivity index (χ1) is 9.61. The largest absolute Gasteiger partial charge is 0.381 e. The van der Waals surface area contributed by atoms with Gasteiger partial charge in [0.25, 0.3) is 0 Å². The molecular weight excluding hydrogens is 298 g/mol. The van der Waals surface area contributed by atoms with Crippen LogP contribution in [0.5, 0.6) is 0 Å². The van der Waals surface area contributed by atoms with Gasteiger partial charge in [-0.2, -0.15) is 5.26 Å². The van der Waals surface area contributed by atoms with Crippen LogP contribution in [0.4, 0.5) is 10.1 Å². The highest BCUT2D eigenvalue weighted by Gasteiger charge is 2.13. The van der Waals surface area contributed by atoms with Crippen molar-refractivity contribution < 1.29 is 4.39 Å². The summed E-state index contributed by atoms with van der Waals surface area (Å²) in [6, 6.07) is 14.0. The summed E-state index contributed by atoms with van der Waals surface area (Å²) < 4.78 is 13.1. The monoisotopic (exact) mass is 308 g/mol. The van der Waals surface area contributed by atoms with Crippen LogP contribution in [0.3, 0.4) is 0 Å². The number of nitrogens with one attached hydrogen (secondary N) is 1. The first-order valence-electron chi connectivity index (χ1n) is 5.95. The topological polar surface area (TPSA) is 35.8 Å². The summed E-state index contributed by atoms with van der Waals surface area (Å²) in [7, 11) is 0. The van der Waals surface area contributed by atoms with E-state index in [0.717, 1.165) is 5.56 Å². The smallest absolute Gasteiger partial charge is 0.126 e. The maximum atomic E-state index is 13.1. The summed E-state index contributed by atoms with van der Waals surface area (Å²) in [5, 5.41) is 12.6. The molecule has 2 nitrogen and oxygen atoms in total. The third-order valence-electron chi connectivity index (χ3n) is 2.85. The fourth-order valence-corrected chi connectivity index (χ4v) is 2.43. The van der Waals surface area contributed by atoms with Crippen LogP contribution < -0.4 is 5.32 Å². The molecule has 0 saturated carbocycles. The molecule has 0 amide bonds. The number of hydrogen-bond acceptors (Lipinski definition) is 2. The van der Waals surface area contributed by atoms with Crippen LogP contribution in [0, 0.1) is 17.1 Å². The van der Waals surface area contributed by atoms with E-state index in [2.05, 4.69) is 11.4 Å². The molecule has 102 valence electrons. The van der Waals surface area contributed by atoms with Crippen LogP contribution in [-0.4, -0.2) is 6.54 Å². The maximum absolute atomic E-state index is 13.1. The van der Waals surface area contributed by atoms with Crippen molar-refractivity contribution in [2.45, 2.75) is 5.92 Å². The molecule has 0 aliphatic heterocycles. The molecule has 0 spiro atoms. The lowest BCUT2D eigenvalue weighted by Crippen LogP contribution is -2.11. The lowest BCUT2D eigenvalue weighted by molar-refractivity contribution is 0.628. The van der Waals surface area contributed by atoms with Gasteiger partial charge in [-0.1, -0.05) is 53.5 Å². The van der Waals surface area contributed by atoms with Crippen molar-refractivity contribution in [3.63, 3.8) is 0 Å². The molecule has 0 bridgehead atoms. The van der Waals surface area contributed by atoms with E-state index in [9.17, 15) is 9.65 Å². The molecule has 0 saturated heterocycles. The summed E-state index contributed by atoms with van der Waals surface area (Å²) in [6.45, 7) is 0.339. The zero-order valence-corrected chi connectivity index (χ0v) is 11.9. The van der Waals surface area contributed by atoms with Crippen LogP contribution in [0.15, 0.2) is 42.5 Å². The highest BCUT2D eigenvalue weighted by atomic mass is 35.5. The summed E-state index contributed by atoms with van der Waals surface area (Å²) in [5.74, 6) is -0.834. The van der Waals surface area contributed by atoms with Gasteiger partial charge in [-0.15, -0.1) is 0 Å². The third-order valence-corrected chi connectivity index (χ3v) is 3.44. The highest BCUT2D eigenvalue weighted by Crippen LogP contribution is 2.32. The molecule has 5 heteroatoms. The molecule has 0 fully saturated rings. The molecule has 1 N–H and O–H groups in total. The van der Waals surface area contributed by atoms with Crippen LogP contribution in [0.1, 0.15) is 11.5 Å². The van der Waals surface area contributed by atoms with Crippen LogP contribution in [0.25, 0.3) is 0 Å². The number of rotatable bonds is 4. The van der Waals surface area contributed by atoms with E-state index >= 15 is 0 Å². The zero-order valence-electron chi connectivity index (χ0n) is 10.4. The lowest BCUT2D eigenvalue weighted by atomic mass is 10.0. The Balaban J connectivity index is 2.14. The average Bonchev–Trinajstić information content (AvgIpc) is 2.43. The van der Waals surface area contributed by atoms with Gasteiger partial charge in [-0.25, -0.2) is 4.39 Å². The molecule has 0 aliphatic carbocycles. The van der Waals surface area contributed by atoms with E-state index in [4.69, 9.17) is 23.2 Å². The summed E-state index contributed by atoms with van der Waals surface area (Å²) in [4.78, 5) is 0. The summed E-state index contributed by atoms with van der Waals surface area (Å²) >= 11 is 11.9. The van der Waals surface area contributed by atoms with Gasteiger partial charge >= 0.3 is 0 Å². The van der Waals surface area contributed by atoms with Gasteiger partial charge in [0.2, 0.25) is 0 Å². The van der Waals surface area contributed by atoms with Crippen LogP contribution >= 0.6 is 23.2 Å². The minimum absolute atomic E-state index is 0.194. The van der Waals surface area contributed by atoms with Gasteiger partial charge in [0.1, 0.15) is 5.82 Å². The van der Waals surface area contributed by atoms with Crippen molar-refractivity contribution in [2.75, 3.05) is 11.9 Å². The third kappa shape index (κ3) is 3.41. The van der Waals surface area contributed by atoms with E-state index in [0.29, 0.717) is 12.2 Å². The van der Waals surface area contributed by atoms with E-state index in [1.165, 1.54) is 12.1 Å². The fraction of sp³-hybridized carbons (Fsp3) is 0.133. The number of halogens is 3. The van der Waals surface area contributed by atoms with Crippen molar-refractivity contribution >= 4 is 28.9 Å². The molecule has 0 heterocycles. The Morgan fingerprint density at radius 1 is 1.15 bits per heavy atom. The van der Waals surface area contributed by atoms with Gasteiger partial charge in [0, 0.05) is 6.54 Å². The molecule has 1 atom stereocenters. The van der Waals surface area contributed by atoms with E-state index in [1.807, 2.05) is 30.3 Å². The quantitative estimate of drug-likeness (QED) is 0.876. The number of nitrogens with zero attached hydrogens (tertiary/aromatic N) is 1. The minimum atomic E-state index is -0.495. The first-order valence-corrected chi connectivity index (χ1v) is 6.70. The Morgan fingerprint density at radius 2 is 1.75 bits per heavy atom. The number of hydrogen-bond donors (Lipinski definition) is 1. The van der Waals surface area contributed by atoms with Gasteiger partial charge in [0.05, 0.1) is 27.7 Å². The van der Waals surface area contributed by atoms with Crippen LogP contribution in [0.2, 0.25) is 10.0 Å². The minimum Gasteiger partial charge on any atom is -0.381 e. The molecule has 2 rings (SSSR count). The molecule has 0 aromatic heterocycles. The molecule has 1 unspecified atom stereocenters. The van der Waals surface area contributed by atoms with Crippen molar-refractivity contribution in [3.8, 4) is 6.07 Å². The standard InChI is InChI=1S/C15H11Cl2FN2/c16-13-6-12(18)7-14(17)15(13)20-9-11(8-19)10-4-2-1-3-5-10/h1-7,11,20H,9H2. The first kappa shape index (κ1) is 14.6. The molecule has 20 heavy (non-hydrogen) atoms. The van der Waals surface area contributed by atoms with Gasteiger partial charge in [0.15, 0.2) is 0 Å². The van der Waals surface area contributed by atoms with Gasteiger partial charge in [-0.3, -0.25) is 0 Å². The maximum Gasteiger partial charge on any atom is 0.126 e. The fourth-order valence-electron chi connectivity index (χ4n) is 1.84. The van der Waals surface area contributed by atoms with E-state index in [1.54, 1.807) is 0 Å². The molecule has 0 radical (unpaired) electrons. The Labute approximate surface area is 126 Å². The second-order valence-electron chi connectivity index (χ2n) is 4.22. The van der Waals surface area contributed by atoms with E-state index in [-0.39, 0.29) is 16.0 Å². The van der Waals surface area contributed by atoms with Crippen LogP contribution in [-0.2, 0) is 0 Å². The summed E-state index contributed by atoms with van der Waals surface area (Å²) in [6.07, 6.45) is 0. The predicted molar refractivity (Wildman–Crippen MR) is 79.7 cm³/mol. The highest BCUT2D eigenvalue weighted by molar-refractivity contribution is 6.39. The number of anilines is 1. The zero-order chi connectivity index (χ0) is 14.5. The van der Waals surface area contributed by atoms with E-state index < -0.39 is 5.82 Å². The molecule has 0 aliphatic rings. The van der Waals surface area contributed by atoms with Crippen molar-refractivity contribution in [2.24, 2.45) is 0 Å². The Kier molecular flexibility index (Phi) is 4.84. The van der Waals surface area contributed by atoms with Crippen molar-refractivity contribution in [1.82, 2.24) is 0 Å². The average molecular weight is 309 g/mol. The van der Waals surface area contributed by atoms with Crippen molar-refractivity contribution in [3.05, 3.63) is 63.9 Å². The molecule has 2 aromatic rings. The second-order valence-corrected chi connectivity index (χ2v) is 5.03. The predicted octanol–water partition coefficient (Wildman–Crippen LogP) is 4.85. The number of benzene rings is 2. The normalized spacial score (nSPS) is 11.7.